The number of esters is 1. The molecule has 1 aromatic rings. The van der Waals surface area contributed by atoms with E-state index in [1.807, 2.05) is 0 Å². The van der Waals surface area contributed by atoms with Crippen molar-refractivity contribution in [3.63, 3.8) is 0 Å². The van der Waals surface area contributed by atoms with Gasteiger partial charge < -0.3 is 4.74 Å². The van der Waals surface area contributed by atoms with Crippen LogP contribution in [-0.4, -0.2) is 38.3 Å². The van der Waals surface area contributed by atoms with Crippen molar-refractivity contribution in [2.24, 2.45) is 5.92 Å². The Balaban J connectivity index is 1.95. The van der Waals surface area contributed by atoms with Crippen LogP contribution in [-0.2, 0) is 9.53 Å². The van der Waals surface area contributed by atoms with Gasteiger partial charge in [0.1, 0.15) is 11.3 Å². The molecule has 9 heteroatoms. The molecule has 0 N–H and O–H groups in total. The van der Waals surface area contributed by atoms with Crippen molar-refractivity contribution < 1.29 is 24.0 Å². The Morgan fingerprint density at radius 2 is 2.04 bits per heavy atom. The summed E-state index contributed by atoms with van der Waals surface area (Å²) in [6, 6.07) is 1.51. The fourth-order valence-corrected chi connectivity index (χ4v) is 4.02. The lowest BCUT2D eigenvalue weighted by Crippen LogP contribution is -2.37. The first-order valence-corrected chi connectivity index (χ1v) is 8.98. The SMILES string of the molecule is CC(C)(C)OC(=O)/C=C\c1ccnc2c1C(=O)C1SC([N+](=O)[O-])=CC1C2=O. The van der Waals surface area contributed by atoms with E-state index in [4.69, 9.17) is 4.74 Å². The molecular formula is C18H16N2O6S. The van der Waals surface area contributed by atoms with Gasteiger partial charge in [-0.15, -0.1) is 0 Å². The summed E-state index contributed by atoms with van der Waals surface area (Å²) in [5.74, 6) is -2.34. The molecule has 0 aromatic carbocycles. The number of carbonyl (C=O) groups is 3. The summed E-state index contributed by atoms with van der Waals surface area (Å²) >= 11 is 0.767. The Kier molecular flexibility index (Phi) is 4.73. The Labute approximate surface area is 158 Å². The van der Waals surface area contributed by atoms with Crippen LogP contribution in [0.1, 0.15) is 47.2 Å². The van der Waals surface area contributed by atoms with E-state index in [0.717, 1.165) is 11.8 Å². The largest absolute Gasteiger partial charge is 0.457 e. The highest BCUT2D eigenvalue weighted by molar-refractivity contribution is 8.04. The zero-order valence-electron chi connectivity index (χ0n) is 14.8. The first-order valence-electron chi connectivity index (χ1n) is 8.10. The van der Waals surface area contributed by atoms with Gasteiger partial charge in [0.15, 0.2) is 11.6 Å². The lowest BCUT2D eigenvalue weighted by Gasteiger charge is -2.23. The number of nitrogens with zero attached hydrogens (tertiary/aromatic N) is 2. The van der Waals surface area contributed by atoms with Crippen molar-refractivity contribution in [2.45, 2.75) is 31.6 Å². The highest BCUT2D eigenvalue weighted by Gasteiger charge is 2.49. The van der Waals surface area contributed by atoms with Gasteiger partial charge in [-0.2, -0.15) is 0 Å². The number of nitro groups is 1. The van der Waals surface area contributed by atoms with Crippen molar-refractivity contribution in [1.29, 1.82) is 0 Å². The number of hydrogen-bond acceptors (Lipinski definition) is 8. The molecule has 140 valence electrons. The van der Waals surface area contributed by atoms with Gasteiger partial charge in [0.05, 0.1) is 21.7 Å². The molecule has 1 aromatic heterocycles. The number of Topliss-reactive ketones (excluding diaryl/α,β-unsaturated/α-hetero) is 2. The predicted molar refractivity (Wildman–Crippen MR) is 97.7 cm³/mol. The Morgan fingerprint density at radius 1 is 1.33 bits per heavy atom. The van der Waals surface area contributed by atoms with Gasteiger partial charge in [-0.1, -0.05) is 0 Å². The summed E-state index contributed by atoms with van der Waals surface area (Å²) < 4.78 is 5.18. The number of carbonyl (C=O) groups excluding carboxylic acids is 3. The Morgan fingerprint density at radius 3 is 2.67 bits per heavy atom. The lowest BCUT2D eigenvalue weighted by atomic mass is 9.82. The van der Waals surface area contributed by atoms with Gasteiger partial charge in [-0.3, -0.25) is 24.7 Å². The highest BCUT2D eigenvalue weighted by Crippen LogP contribution is 2.43. The van der Waals surface area contributed by atoms with Crippen LogP contribution in [0, 0.1) is 16.0 Å². The van der Waals surface area contributed by atoms with Crippen LogP contribution in [0.25, 0.3) is 6.08 Å². The molecule has 2 heterocycles. The number of ether oxygens (including phenoxy) is 1. The summed E-state index contributed by atoms with van der Waals surface area (Å²) in [7, 11) is 0. The molecule has 0 fully saturated rings. The molecule has 0 saturated heterocycles. The Bertz CT molecular complexity index is 928. The van der Waals surface area contributed by atoms with Gasteiger partial charge >= 0.3 is 11.0 Å². The fraction of sp³-hybridized carbons (Fsp3) is 0.333. The van der Waals surface area contributed by atoms with Gasteiger partial charge in [0, 0.05) is 18.3 Å². The van der Waals surface area contributed by atoms with E-state index in [-0.39, 0.29) is 16.3 Å². The monoisotopic (exact) mass is 388 g/mol. The van der Waals surface area contributed by atoms with E-state index in [2.05, 4.69) is 4.98 Å². The number of hydrogen-bond donors (Lipinski definition) is 0. The molecule has 0 bridgehead atoms. The summed E-state index contributed by atoms with van der Waals surface area (Å²) in [4.78, 5) is 51.8. The standard InChI is InChI=1S/C18H16N2O6S/c1-18(2,3)26-12(21)5-4-9-6-7-19-14-13(9)16(23)17-10(15(14)22)8-11(27-17)20(24)25/h4-8,10,17H,1-3H3/b5-4-. The maximum atomic E-state index is 12.9. The minimum absolute atomic E-state index is 0.0333. The second-order valence-electron chi connectivity index (χ2n) is 7.05. The van der Waals surface area contributed by atoms with Crippen molar-refractivity contribution in [3.05, 3.63) is 56.4 Å². The first-order chi connectivity index (χ1) is 12.6. The van der Waals surface area contributed by atoms with Crippen molar-refractivity contribution >= 4 is 35.4 Å². The topological polar surface area (TPSA) is 116 Å². The Hall–Kier alpha value is -2.81. The molecule has 8 nitrogen and oxygen atoms in total. The molecule has 3 rings (SSSR count). The van der Waals surface area contributed by atoms with E-state index in [9.17, 15) is 24.5 Å². The van der Waals surface area contributed by atoms with E-state index < -0.39 is 39.2 Å². The number of rotatable bonds is 3. The quantitative estimate of drug-likeness (QED) is 0.336. The first kappa shape index (κ1) is 19.0. The van der Waals surface area contributed by atoms with Crippen LogP contribution in [0.5, 0.6) is 0 Å². The molecule has 0 amide bonds. The van der Waals surface area contributed by atoms with E-state index in [1.165, 1.54) is 30.5 Å². The predicted octanol–water partition coefficient (Wildman–Crippen LogP) is 2.67. The number of fused-ring (bicyclic) bond motifs is 2. The number of allylic oxidation sites excluding steroid dienone is 1. The molecule has 2 aliphatic rings. The smallest absolute Gasteiger partial charge is 0.331 e. The van der Waals surface area contributed by atoms with E-state index in [0.29, 0.717) is 5.56 Å². The van der Waals surface area contributed by atoms with E-state index in [1.54, 1.807) is 20.8 Å². The number of pyridine rings is 1. The van der Waals surface area contributed by atoms with Crippen molar-refractivity contribution in [1.82, 2.24) is 4.98 Å². The highest BCUT2D eigenvalue weighted by atomic mass is 32.2. The molecule has 0 saturated carbocycles. The third kappa shape index (κ3) is 3.68. The van der Waals surface area contributed by atoms with Gasteiger partial charge in [0.25, 0.3) is 0 Å². The molecule has 1 aliphatic carbocycles. The third-order valence-electron chi connectivity index (χ3n) is 3.91. The summed E-state index contributed by atoms with van der Waals surface area (Å²) in [6.45, 7) is 5.19. The van der Waals surface area contributed by atoms with Crippen LogP contribution in [0.3, 0.4) is 0 Å². The average Bonchev–Trinajstić information content (AvgIpc) is 3.02. The van der Waals surface area contributed by atoms with Gasteiger partial charge in [-0.25, -0.2) is 4.79 Å². The van der Waals surface area contributed by atoms with Crippen molar-refractivity contribution in [2.75, 3.05) is 0 Å². The number of ketones is 2. The fourth-order valence-electron chi connectivity index (χ4n) is 2.87. The lowest BCUT2D eigenvalue weighted by molar-refractivity contribution is -0.410. The summed E-state index contributed by atoms with van der Waals surface area (Å²) in [5.41, 5.74) is -0.274. The number of aromatic nitrogens is 1. The van der Waals surface area contributed by atoms with Gasteiger partial charge in [0.2, 0.25) is 0 Å². The van der Waals surface area contributed by atoms with Crippen LogP contribution in [0.15, 0.2) is 29.4 Å². The normalized spacial score (nSPS) is 21.7. The average molecular weight is 388 g/mol. The molecule has 2 unspecified atom stereocenters. The van der Waals surface area contributed by atoms with E-state index >= 15 is 0 Å². The van der Waals surface area contributed by atoms with Crippen molar-refractivity contribution in [3.8, 4) is 0 Å². The van der Waals surface area contributed by atoms with Crippen LogP contribution in [0.2, 0.25) is 0 Å². The third-order valence-corrected chi connectivity index (χ3v) is 5.19. The summed E-state index contributed by atoms with van der Waals surface area (Å²) in [6.07, 6.45) is 5.14. The number of thioether (sulfide) groups is 1. The molecule has 1 aliphatic heterocycles. The zero-order valence-corrected chi connectivity index (χ0v) is 15.6. The maximum absolute atomic E-state index is 12.9. The maximum Gasteiger partial charge on any atom is 0.331 e. The van der Waals surface area contributed by atoms with Crippen LogP contribution in [0.4, 0.5) is 0 Å². The molecular weight excluding hydrogens is 372 g/mol. The molecule has 27 heavy (non-hydrogen) atoms. The minimum Gasteiger partial charge on any atom is -0.457 e. The van der Waals surface area contributed by atoms with Crippen LogP contribution < -0.4 is 0 Å². The second kappa shape index (κ2) is 6.73. The minimum atomic E-state index is -0.895. The van der Waals surface area contributed by atoms with Gasteiger partial charge in [-0.05, 0) is 50.2 Å². The summed E-state index contributed by atoms with van der Waals surface area (Å²) in [5, 5.41) is 9.90. The van der Waals surface area contributed by atoms with Crippen LogP contribution >= 0.6 is 11.8 Å². The zero-order chi connectivity index (χ0) is 19.9. The molecule has 2 atom stereocenters. The second-order valence-corrected chi connectivity index (χ2v) is 8.21. The molecule has 0 spiro atoms. The molecule has 0 radical (unpaired) electrons.